The molecule has 9 heavy (non-hydrogen) atoms. The minimum atomic E-state index is -0.882. The molecular formula is C5H6O4. The fourth-order valence-electron chi connectivity index (χ4n) is 0.507. The molecule has 1 aliphatic heterocycles. The summed E-state index contributed by atoms with van der Waals surface area (Å²) < 4.78 is 8.80. The molecule has 1 rings (SSSR count). The first kappa shape index (κ1) is 6.07. The van der Waals surface area contributed by atoms with Gasteiger partial charge in [0, 0.05) is 6.42 Å². The topological polar surface area (TPSA) is 52.6 Å². The maximum absolute atomic E-state index is 10.3. The average Bonchev–Trinajstić information content (AvgIpc) is 1.99. The Morgan fingerprint density at radius 2 is 1.44 bits per heavy atom. The molecule has 0 N–H and O–H groups in total. The molecular weight excluding hydrogens is 124 g/mol. The van der Waals surface area contributed by atoms with Crippen molar-refractivity contribution in [3.63, 3.8) is 0 Å². The van der Waals surface area contributed by atoms with Gasteiger partial charge in [-0.1, -0.05) is 0 Å². The van der Waals surface area contributed by atoms with Gasteiger partial charge in [0.1, 0.15) is 0 Å². The van der Waals surface area contributed by atoms with Crippen LogP contribution in [0.2, 0.25) is 0 Å². The Bertz CT molecular complexity index is 124. The van der Waals surface area contributed by atoms with Gasteiger partial charge < -0.3 is 9.47 Å². The molecule has 0 aromatic heterocycles. The zero-order valence-corrected chi connectivity index (χ0v) is 4.75. The molecule has 1 aliphatic rings. The lowest BCUT2D eigenvalue weighted by atomic mass is 10.5. The quantitative estimate of drug-likeness (QED) is 0.327. The monoisotopic (exact) mass is 130 g/mol. The van der Waals surface area contributed by atoms with Crippen molar-refractivity contribution >= 4 is 11.9 Å². The van der Waals surface area contributed by atoms with Gasteiger partial charge >= 0.3 is 11.9 Å². The van der Waals surface area contributed by atoms with Crippen molar-refractivity contribution in [3.8, 4) is 0 Å². The van der Waals surface area contributed by atoms with Gasteiger partial charge in [-0.25, -0.2) is 9.59 Å². The molecule has 0 aliphatic carbocycles. The number of rotatable bonds is 0. The minimum Gasteiger partial charge on any atom is -0.457 e. The summed E-state index contributed by atoms with van der Waals surface area (Å²) in [6, 6.07) is 0. The number of hydrogen-bond acceptors (Lipinski definition) is 4. The van der Waals surface area contributed by atoms with Crippen LogP contribution in [-0.2, 0) is 19.1 Å². The maximum atomic E-state index is 10.3. The van der Waals surface area contributed by atoms with Crippen molar-refractivity contribution < 1.29 is 19.1 Å². The molecule has 0 unspecified atom stereocenters. The van der Waals surface area contributed by atoms with E-state index >= 15 is 0 Å². The second kappa shape index (κ2) is 2.48. The number of esters is 2. The highest BCUT2D eigenvalue weighted by Crippen LogP contribution is 1.94. The van der Waals surface area contributed by atoms with E-state index in [0.717, 1.165) is 0 Å². The zero-order valence-electron chi connectivity index (χ0n) is 4.75. The van der Waals surface area contributed by atoms with Crippen molar-refractivity contribution in [2.75, 3.05) is 13.2 Å². The van der Waals surface area contributed by atoms with E-state index in [4.69, 9.17) is 0 Å². The Morgan fingerprint density at radius 3 is 1.89 bits per heavy atom. The largest absolute Gasteiger partial charge is 0.457 e. The number of carbonyl (C=O) groups is 2. The maximum Gasteiger partial charge on any atom is 0.417 e. The van der Waals surface area contributed by atoms with Gasteiger partial charge in [0.25, 0.3) is 0 Å². The smallest absolute Gasteiger partial charge is 0.417 e. The standard InChI is InChI=1S/C5H6O4/c6-4-5(7)9-3-1-2-8-4/h1-3H2. The van der Waals surface area contributed by atoms with E-state index < -0.39 is 11.9 Å². The van der Waals surface area contributed by atoms with Crippen molar-refractivity contribution in [2.24, 2.45) is 0 Å². The first-order valence-corrected chi connectivity index (χ1v) is 2.64. The zero-order chi connectivity index (χ0) is 6.69. The molecule has 1 heterocycles. The molecule has 1 fully saturated rings. The predicted octanol–water partition coefficient (Wildman–Crippen LogP) is -0.524. The summed E-state index contributed by atoms with van der Waals surface area (Å²) in [5.74, 6) is -1.76. The highest BCUT2D eigenvalue weighted by atomic mass is 16.6. The van der Waals surface area contributed by atoms with E-state index in [9.17, 15) is 9.59 Å². The Labute approximate surface area is 51.7 Å². The van der Waals surface area contributed by atoms with Crippen LogP contribution in [0.3, 0.4) is 0 Å². The lowest BCUT2D eigenvalue weighted by Crippen LogP contribution is -2.16. The Morgan fingerprint density at radius 1 is 1.00 bits per heavy atom. The van der Waals surface area contributed by atoms with Crippen LogP contribution in [0.15, 0.2) is 0 Å². The highest BCUT2D eigenvalue weighted by Gasteiger charge is 2.19. The van der Waals surface area contributed by atoms with Crippen molar-refractivity contribution in [1.29, 1.82) is 0 Å². The molecule has 0 spiro atoms. The highest BCUT2D eigenvalue weighted by molar-refractivity contribution is 6.29. The Kier molecular flexibility index (Phi) is 1.67. The molecule has 1 saturated heterocycles. The summed E-state index contributed by atoms with van der Waals surface area (Å²) in [5, 5.41) is 0. The van der Waals surface area contributed by atoms with Crippen LogP contribution < -0.4 is 0 Å². The van der Waals surface area contributed by atoms with Crippen LogP contribution in [-0.4, -0.2) is 25.2 Å². The average molecular weight is 130 g/mol. The van der Waals surface area contributed by atoms with E-state index in [1.807, 2.05) is 0 Å². The van der Waals surface area contributed by atoms with Crippen molar-refractivity contribution in [3.05, 3.63) is 0 Å². The van der Waals surface area contributed by atoms with Crippen LogP contribution in [0, 0.1) is 0 Å². The second-order valence-corrected chi connectivity index (χ2v) is 1.63. The van der Waals surface area contributed by atoms with Gasteiger partial charge in [0.05, 0.1) is 13.2 Å². The number of ether oxygens (including phenoxy) is 2. The predicted molar refractivity (Wildman–Crippen MR) is 26.5 cm³/mol. The van der Waals surface area contributed by atoms with Gasteiger partial charge in [-0.2, -0.15) is 0 Å². The molecule has 0 radical (unpaired) electrons. The van der Waals surface area contributed by atoms with Gasteiger partial charge in [-0.15, -0.1) is 0 Å². The fourth-order valence-corrected chi connectivity index (χ4v) is 0.507. The SMILES string of the molecule is O=C1OCCCOC1=O. The number of carbonyl (C=O) groups excluding carboxylic acids is 2. The van der Waals surface area contributed by atoms with Crippen LogP contribution in [0.5, 0.6) is 0 Å². The normalized spacial score (nSPS) is 20.0. The summed E-state index contributed by atoms with van der Waals surface area (Å²) in [6.45, 7) is 0.565. The Balaban J connectivity index is 2.51. The van der Waals surface area contributed by atoms with E-state index in [2.05, 4.69) is 9.47 Å². The number of cyclic esters (lactones) is 2. The molecule has 0 saturated carbocycles. The summed E-state index contributed by atoms with van der Waals surface area (Å²) >= 11 is 0. The van der Waals surface area contributed by atoms with Crippen LogP contribution in [0.25, 0.3) is 0 Å². The summed E-state index contributed by atoms with van der Waals surface area (Å²) in [7, 11) is 0. The van der Waals surface area contributed by atoms with E-state index in [0.29, 0.717) is 6.42 Å². The molecule has 0 bridgehead atoms. The van der Waals surface area contributed by atoms with E-state index in [-0.39, 0.29) is 13.2 Å². The van der Waals surface area contributed by atoms with Gasteiger partial charge in [0.15, 0.2) is 0 Å². The van der Waals surface area contributed by atoms with Crippen LogP contribution in [0.1, 0.15) is 6.42 Å². The second-order valence-electron chi connectivity index (χ2n) is 1.63. The number of hydrogen-bond donors (Lipinski definition) is 0. The third-order valence-electron chi connectivity index (χ3n) is 0.922. The van der Waals surface area contributed by atoms with Gasteiger partial charge in [-0.3, -0.25) is 0 Å². The third kappa shape index (κ3) is 1.42. The van der Waals surface area contributed by atoms with Gasteiger partial charge in [-0.05, 0) is 0 Å². The molecule has 50 valence electrons. The molecule has 4 heteroatoms. The lowest BCUT2D eigenvalue weighted by Gasteiger charge is -1.92. The first-order chi connectivity index (χ1) is 4.30. The van der Waals surface area contributed by atoms with Crippen LogP contribution in [0.4, 0.5) is 0 Å². The third-order valence-corrected chi connectivity index (χ3v) is 0.922. The first-order valence-electron chi connectivity index (χ1n) is 2.64. The summed E-state index contributed by atoms with van der Waals surface area (Å²) in [4.78, 5) is 20.6. The van der Waals surface area contributed by atoms with E-state index in [1.165, 1.54) is 0 Å². The molecule has 0 aromatic rings. The summed E-state index contributed by atoms with van der Waals surface area (Å²) in [6.07, 6.45) is 0.595. The molecule has 4 nitrogen and oxygen atoms in total. The summed E-state index contributed by atoms with van der Waals surface area (Å²) in [5.41, 5.74) is 0. The molecule has 0 atom stereocenters. The molecule has 0 aromatic carbocycles. The fraction of sp³-hybridized carbons (Fsp3) is 0.600. The van der Waals surface area contributed by atoms with Crippen molar-refractivity contribution in [1.82, 2.24) is 0 Å². The van der Waals surface area contributed by atoms with Gasteiger partial charge in [0.2, 0.25) is 0 Å². The van der Waals surface area contributed by atoms with Crippen molar-refractivity contribution in [2.45, 2.75) is 6.42 Å². The lowest BCUT2D eigenvalue weighted by molar-refractivity contribution is -0.164. The Hall–Kier alpha value is -1.06. The minimum absolute atomic E-state index is 0.282. The molecule has 0 amide bonds. The van der Waals surface area contributed by atoms with E-state index in [1.54, 1.807) is 0 Å². The van der Waals surface area contributed by atoms with Crippen LogP contribution >= 0.6 is 0 Å².